The second-order valence-corrected chi connectivity index (χ2v) is 7.29. The zero-order chi connectivity index (χ0) is 19.3. The zero-order valence-corrected chi connectivity index (χ0v) is 15.5. The summed E-state index contributed by atoms with van der Waals surface area (Å²) in [5, 5.41) is 0. The van der Waals surface area contributed by atoms with Crippen LogP contribution in [0.4, 0.5) is 10.1 Å². The van der Waals surface area contributed by atoms with Crippen LogP contribution in [0.1, 0.15) is 12.5 Å². The van der Waals surface area contributed by atoms with Crippen molar-refractivity contribution in [3.63, 3.8) is 0 Å². The number of ether oxygens (including phenoxy) is 2. The van der Waals surface area contributed by atoms with Gasteiger partial charge in [0.1, 0.15) is 18.1 Å². The minimum Gasteiger partial charge on any atom is -0.496 e. The van der Waals surface area contributed by atoms with Crippen molar-refractivity contribution in [2.24, 2.45) is 0 Å². The van der Waals surface area contributed by atoms with E-state index in [0.717, 1.165) is 10.4 Å². The van der Waals surface area contributed by atoms with E-state index in [1.54, 1.807) is 13.8 Å². The van der Waals surface area contributed by atoms with Crippen LogP contribution in [-0.4, -0.2) is 34.6 Å². The Bertz CT molecular complexity index is 898. The number of benzene rings is 2. The molecule has 2 rings (SSSR count). The van der Waals surface area contributed by atoms with Crippen molar-refractivity contribution in [1.82, 2.24) is 0 Å². The van der Waals surface area contributed by atoms with Gasteiger partial charge in [-0.3, -0.25) is 9.10 Å². The topological polar surface area (TPSA) is 72.9 Å². The van der Waals surface area contributed by atoms with Crippen LogP contribution in [0.3, 0.4) is 0 Å². The monoisotopic (exact) mass is 381 g/mol. The molecule has 6 nitrogen and oxygen atoms in total. The first-order chi connectivity index (χ1) is 12.3. The van der Waals surface area contributed by atoms with E-state index in [9.17, 15) is 17.6 Å². The lowest BCUT2D eigenvalue weighted by Crippen LogP contribution is -2.36. The SMILES string of the molecule is CCOC(=O)CN(c1cccc(F)c1)S(=O)(=O)c1ccc(OC)c(C)c1. The van der Waals surface area contributed by atoms with Gasteiger partial charge in [0.05, 0.1) is 24.3 Å². The van der Waals surface area contributed by atoms with E-state index in [2.05, 4.69) is 0 Å². The maximum atomic E-state index is 13.6. The predicted molar refractivity (Wildman–Crippen MR) is 95.3 cm³/mol. The first-order valence-corrected chi connectivity index (χ1v) is 9.32. The van der Waals surface area contributed by atoms with Crippen LogP contribution >= 0.6 is 0 Å². The van der Waals surface area contributed by atoms with Crippen molar-refractivity contribution < 1.29 is 27.1 Å². The standard InChI is InChI=1S/C18H20FNO5S/c1-4-25-18(21)12-20(15-7-5-6-14(19)11-15)26(22,23)16-8-9-17(24-3)13(2)10-16/h5-11H,4,12H2,1-3H3. The molecular formula is C18H20FNO5S. The van der Waals surface area contributed by atoms with Crippen LogP contribution in [0.25, 0.3) is 0 Å². The van der Waals surface area contributed by atoms with Crippen LogP contribution in [0.5, 0.6) is 5.75 Å². The number of carbonyl (C=O) groups is 1. The molecule has 0 aliphatic carbocycles. The first kappa shape index (κ1) is 19.7. The maximum Gasteiger partial charge on any atom is 0.326 e. The van der Waals surface area contributed by atoms with Gasteiger partial charge in [-0.25, -0.2) is 12.8 Å². The lowest BCUT2D eigenvalue weighted by molar-refractivity contribution is -0.141. The summed E-state index contributed by atoms with van der Waals surface area (Å²) in [4.78, 5) is 11.9. The molecule has 0 spiro atoms. The third-order valence-electron chi connectivity index (χ3n) is 3.63. The van der Waals surface area contributed by atoms with E-state index in [-0.39, 0.29) is 17.2 Å². The van der Waals surface area contributed by atoms with Crippen molar-refractivity contribution >= 4 is 21.7 Å². The van der Waals surface area contributed by atoms with Gasteiger partial charge in [-0.05, 0) is 55.8 Å². The first-order valence-electron chi connectivity index (χ1n) is 7.88. The lowest BCUT2D eigenvalue weighted by Gasteiger charge is -2.24. The molecule has 0 bridgehead atoms. The average Bonchev–Trinajstić information content (AvgIpc) is 2.59. The van der Waals surface area contributed by atoms with Crippen molar-refractivity contribution in [2.45, 2.75) is 18.7 Å². The summed E-state index contributed by atoms with van der Waals surface area (Å²) >= 11 is 0. The van der Waals surface area contributed by atoms with Crippen LogP contribution in [0, 0.1) is 12.7 Å². The number of halogens is 1. The number of rotatable bonds is 7. The number of anilines is 1. The predicted octanol–water partition coefficient (Wildman–Crippen LogP) is 2.90. The molecule has 8 heteroatoms. The molecule has 0 fully saturated rings. The Morgan fingerprint density at radius 3 is 2.50 bits per heavy atom. The van der Waals surface area contributed by atoms with Crippen LogP contribution < -0.4 is 9.04 Å². The Balaban J connectivity index is 2.52. The van der Waals surface area contributed by atoms with Gasteiger partial charge >= 0.3 is 5.97 Å². The van der Waals surface area contributed by atoms with Crippen LogP contribution in [-0.2, 0) is 19.6 Å². The van der Waals surface area contributed by atoms with Gasteiger partial charge in [0, 0.05) is 0 Å². The van der Waals surface area contributed by atoms with E-state index >= 15 is 0 Å². The Morgan fingerprint density at radius 2 is 1.92 bits per heavy atom. The van der Waals surface area contributed by atoms with E-state index in [1.165, 1.54) is 43.5 Å². The third-order valence-corrected chi connectivity index (χ3v) is 5.40. The lowest BCUT2D eigenvalue weighted by atomic mass is 10.2. The molecule has 2 aromatic carbocycles. The molecule has 26 heavy (non-hydrogen) atoms. The van der Waals surface area contributed by atoms with Gasteiger partial charge in [0.25, 0.3) is 10.0 Å². The van der Waals surface area contributed by atoms with Crippen LogP contribution in [0.2, 0.25) is 0 Å². The molecule has 0 unspecified atom stereocenters. The fourth-order valence-corrected chi connectivity index (χ4v) is 3.90. The molecule has 0 aromatic heterocycles. The molecule has 0 atom stereocenters. The Labute approximate surface area is 152 Å². The molecule has 140 valence electrons. The van der Waals surface area contributed by atoms with E-state index in [0.29, 0.717) is 11.3 Å². The van der Waals surface area contributed by atoms with Crippen molar-refractivity contribution in [1.29, 1.82) is 0 Å². The molecule has 0 saturated heterocycles. The zero-order valence-electron chi connectivity index (χ0n) is 14.7. The fourth-order valence-electron chi connectivity index (χ4n) is 2.41. The molecule has 0 saturated carbocycles. The number of aryl methyl sites for hydroxylation is 1. The highest BCUT2D eigenvalue weighted by atomic mass is 32.2. The molecule has 0 aliphatic rings. The largest absolute Gasteiger partial charge is 0.496 e. The van der Waals surface area contributed by atoms with Crippen molar-refractivity contribution in [3.8, 4) is 5.75 Å². The van der Waals surface area contributed by atoms with Gasteiger partial charge in [-0.15, -0.1) is 0 Å². The summed E-state index contributed by atoms with van der Waals surface area (Å²) in [7, 11) is -2.64. The van der Waals surface area contributed by atoms with Crippen LogP contribution in [0.15, 0.2) is 47.4 Å². The number of esters is 1. The summed E-state index contributed by atoms with van der Waals surface area (Å²) in [6, 6.07) is 9.36. The van der Waals surface area contributed by atoms with Crippen molar-refractivity contribution in [2.75, 3.05) is 24.6 Å². The number of hydrogen-bond acceptors (Lipinski definition) is 5. The normalized spacial score (nSPS) is 11.1. The van der Waals surface area contributed by atoms with Gasteiger partial charge in [0.15, 0.2) is 0 Å². The maximum absolute atomic E-state index is 13.6. The molecule has 0 radical (unpaired) electrons. The summed E-state index contributed by atoms with van der Waals surface area (Å²) < 4.78 is 50.6. The fraction of sp³-hybridized carbons (Fsp3) is 0.278. The summed E-state index contributed by atoms with van der Waals surface area (Å²) in [6.45, 7) is 2.86. The molecule has 0 heterocycles. The van der Waals surface area contributed by atoms with Gasteiger partial charge < -0.3 is 9.47 Å². The van der Waals surface area contributed by atoms with Gasteiger partial charge in [-0.2, -0.15) is 0 Å². The van der Waals surface area contributed by atoms with E-state index in [4.69, 9.17) is 9.47 Å². The highest BCUT2D eigenvalue weighted by Crippen LogP contribution is 2.27. The average molecular weight is 381 g/mol. The summed E-state index contributed by atoms with van der Waals surface area (Å²) in [6.07, 6.45) is 0. The smallest absolute Gasteiger partial charge is 0.326 e. The molecule has 0 aliphatic heterocycles. The Kier molecular flexibility index (Phi) is 6.20. The highest BCUT2D eigenvalue weighted by Gasteiger charge is 2.28. The highest BCUT2D eigenvalue weighted by molar-refractivity contribution is 7.92. The number of carbonyl (C=O) groups excluding carboxylic acids is 1. The second-order valence-electron chi connectivity index (χ2n) is 5.43. The molecule has 0 amide bonds. The summed E-state index contributed by atoms with van der Waals surface area (Å²) in [5.41, 5.74) is 0.649. The van der Waals surface area contributed by atoms with Crippen molar-refractivity contribution in [3.05, 3.63) is 53.8 Å². The number of methoxy groups -OCH3 is 1. The number of nitrogens with zero attached hydrogens (tertiary/aromatic N) is 1. The number of hydrogen-bond donors (Lipinski definition) is 0. The van der Waals surface area contributed by atoms with E-state index in [1.807, 2.05) is 0 Å². The Hall–Kier alpha value is -2.61. The second kappa shape index (κ2) is 8.18. The molecule has 2 aromatic rings. The number of sulfonamides is 1. The quantitative estimate of drug-likeness (QED) is 0.690. The summed E-state index contributed by atoms with van der Waals surface area (Å²) in [5.74, 6) is -0.810. The molecular weight excluding hydrogens is 361 g/mol. The molecule has 0 N–H and O–H groups in total. The van der Waals surface area contributed by atoms with Gasteiger partial charge in [-0.1, -0.05) is 6.07 Å². The minimum absolute atomic E-state index is 0.0338. The Morgan fingerprint density at radius 1 is 1.19 bits per heavy atom. The van der Waals surface area contributed by atoms with Gasteiger partial charge in [0.2, 0.25) is 0 Å². The van der Waals surface area contributed by atoms with E-state index < -0.39 is 28.4 Å². The minimum atomic E-state index is -4.12. The third kappa shape index (κ3) is 4.32.